The van der Waals surface area contributed by atoms with Crippen LogP contribution >= 0.6 is 0 Å². The molecule has 0 radical (unpaired) electrons. The highest BCUT2D eigenvalue weighted by molar-refractivity contribution is 5.74. The largest absolute Gasteiger partial charge is 0.368 e. The molecule has 5 nitrogen and oxygen atoms in total. The molecule has 1 saturated heterocycles. The number of benzene rings is 1. The minimum Gasteiger partial charge on any atom is -0.368 e. The molecular weight excluding hydrogens is 298 g/mol. The second-order valence-corrected chi connectivity index (χ2v) is 6.87. The molecule has 1 unspecified atom stereocenters. The van der Waals surface area contributed by atoms with Gasteiger partial charge in [-0.1, -0.05) is 24.3 Å². The SMILES string of the molecule is CC1CCN(c2nc(N)nc3c2CCCc2ccccc2-3)CCN1. The fourth-order valence-electron chi connectivity index (χ4n) is 3.85. The number of nitrogens with one attached hydrogen (secondary N) is 1. The van der Waals surface area contributed by atoms with Crippen LogP contribution in [-0.2, 0) is 12.8 Å². The zero-order valence-electron chi connectivity index (χ0n) is 14.3. The van der Waals surface area contributed by atoms with Crippen LogP contribution < -0.4 is 16.0 Å². The molecule has 0 amide bonds. The summed E-state index contributed by atoms with van der Waals surface area (Å²) in [5, 5.41) is 3.55. The van der Waals surface area contributed by atoms with E-state index in [4.69, 9.17) is 5.73 Å². The van der Waals surface area contributed by atoms with Crippen LogP contribution in [-0.4, -0.2) is 35.6 Å². The first-order valence-corrected chi connectivity index (χ1v) is 8.95. The Morgan fingerprint density at radius 3 is 2.96 bits per heavy atom. The predicted octanol–water partition coefficient (Wildman–Crippen LogP) is 2.40. The smallest absolute Gasteiger partial charge is 0.222 e. The first kappa shape index (κ1) is 15.4. The fourth-order valence-corrected chi connectivity index (χ4v) is 3.85. The van der Waals surface area contributed by atoms with Gasteiger partial charge in [0.2, 0.25) is 5.95 Å². The number of hydrogen-bond acceptors (Lipinski definition) is 5. The maximum atomic E-state index is 6.10. The van der Waals surface area contributed by atoms with E-state index in [-0.39, 0.29) is 0 Å². The average molecular weight is 323 g/mol. The second-order valence-electron chi connectivity index (χ2n) is 6.87. The van der Waals surface area contributed by atoms with Gasteiger partial charge in [-0.2, -0.15) is 4.98 Å². The first-order chi connectivity index (χ1) is 11.7. The number of aromatic nitrogens is 2. The molecule has 5 heteroatoms. The Balaban J connectivity index is 1.82. The van der Waals surface area contributed by atoms with Crippen LogP contribution in [0.25, 0.3) is 11.3 Å². The number of fused-ring (bicyclic) bond motifs is 3. The van der Waals surface area contributed by atoms with Gasteiger partial charge in [0.05, 0.1) is 5.69 Å². The third kappa shape index (κ3) is 2.84. The first-order valence-electron chi connectivity index (χ1n) is 8.95. The Kier molecular flexibility index (Phi) is 4.10. The number of aryl methyl sites for hydroxylation is 1. The number of hydrogen-bond donors (Lipinski definition) is 2. The summed E-state index contributed by atoms with van der Waals surface area (Å²) >= 11 is 0. The van der Waals surface area contributed by atoms with Gasteiger partial charge in [-0.05, 0) is 38.2 Å². The van der Waals surface area contributed by atoms with Crippen LogP contribution in [0.15, 0.2) is 24.3 Å². The normalized spacial score (nSPS) is 20.7. The van der Waals surface area contributed by atoms with Crippen molar-refractivity contribution < 1.29 is 0 Å². The van der Waals surface area contributed by atoms with Crippen molar-refractivity contribution in [1.82, 2.24) is 15.3 Å². The Labute approximate surface area is 143 Å². The van der Waals surface area contributed by atoms with Gasteiger partial charge >= 0.3 is 0 Å². The quantitative estimate of drug-likeness (QED) is 0.843. The van der Waals surface area contributed by atoms with Crippen molar-refractivity contribution in [2.24, 2.45) is 0 Å². The van der Waals surface area contributed by atoms with Gasteiger partial charge in [-0.25, -0.2) is 4.98 Å². The zero-order valence-corrected chi connectivity index (χ0v) is 14.3. The molecule has 2 aromatic rings. The molecule has 126 valence electrons. The summed E-state index contributed by atoms with van der Waals surface area (Å²) in [6, 6.07) is 9.12. The second kappa shape index (κ2) is 6.40. The molecule has 0 spiro atoms. The van der Waals surface area contributed by atoms with Gasteiger partial charge < -0.3 is 16.0 Å². The van der Waals surface area contributed by atoms with E-state index in [1.807, 2.05) is 0 Å². The molecule has 0 saturated carbocycles. The van der Waals surface area contributed by atoms with Crippen LogP contribution in [0.4, 0.5) is 11.8 Å². The average Bonchev–Trinajstić information content (AvgIpc) is 2.90. The monoisotopic (exact) mass is 323 g/mol. The number of nitrogen functional groups attached to an aromatic ring is 1. The lowest BCUT2D eigenvalue weighted by molar-refractivity contribution is 0.566. The Bertz CT molecular complexity index is 743. The van der Waals surface area contributed by atoms with Gasteiger partial charge in [0, 0.05) is 36.8 Å². The topological polar surface area (TPSA) is 67.1 Å². The highest BCUT2D eigenvalue weighted by atomic mass is 15.2. The lowest BCUT2D eigenvalue weighted by atomic mass is 10.0. The molecule has 4 rings (SSSR count). The fraction of sp³-hybridized carbons (Fsp3) is 0.474. The Morgan fingerprint density at radius 1 is 1.17 bits per heavy atom. The predicted molar refractivity (Wildman–Crippen MR) is 98.2 cm³/mol. The summed E-state index contributed by atoms with van der Waals surface area (Å²) in [4.78, 5) is 11.7. The number of rotatable bonds is 1. The molecule has 2 heterocycles. The third-order valence-electron chi connectivity index (χ3n) is 5.15. The molecular formula is C19H25N5. The minimum absolute atomic E-state index is 0.380. The molecule has 1 aliphatic heterocycles. The summed E-state index contributed by atoms with van der Waals surface area (Å²) in [5.74, 6) is 1.43. The lowest BCUT2D eigenvalue weighted by Crippen LogP contribution is -2.30. The molecule has 1 aromatic carbocycles. The highest BCUT2D eigenvalue weighted by Crippen LogP contribution is 2.36. The lowest BCUT2D eigenvalue weighted by Gasteiger charge is -2.25. The summed E-state index contributed by atoms with van der Waals surface area (Å²) in [6.45, 7) is 5.21. The van der Waals surface area contributed by atoms with E-state index in [2.05, 4.69) is 51.4 Å². The van der Waals surface area contributed by atoms with E-state index in [1.165, 1.54) is 16.7 Å². The minimum atomic E-state index is 0.380. The van der Waals surface area contributed by atoms with E-state index in [0.29, 0.717) is 12.0 Å². The molecule has 1 aromatic heterocycles. The van der Waals surface area contributed by atoms with Crippen molar-refractivity contribution in [3.63, 3.8) is 0 Å². The van der Waals surface area contributed by atoms with E-state index >= 15 is 0 Å². The summed E-state index contributed by atoms with van der Waals surface area (Å²) in [6.07, 6.45) is 4.35. The molecule has 2 aliphatic rings. The third-order valence-corrected chi connectivity index (χ3v) is 5.15. The van der Waals surface area contributed by atoms with Crippen molar-refractivity contribution in [2.45, 2.75) is 38.6 Å². The summed E-state index contributed by atoms with van der Waals surface area (Å²) in [7, 11) is 0. The molecule has 1 aliphatic carbocycles. The van der Waals surface area contributed by atoms with Gasteiger partial charge in [-0.3, -0.25) is 0 Å². The summed E-state index contributed by atoms with van der Waals surface area (Å²) in [5.41, 5.74) is 11.0. The van der Waals surface area contributed by atoms with Crippen molar-refractivity contribution in [2.75, 3.05) is 30.3 Å². The van der Waals surface area contributed by atoms with Gasteiger partial charge in [0.25, 0.3) is 0 Å². The number of nitrogens with two attached hydrogens (primary N) is 1. The van der Waals surface area contributed by atoms with Crippen molar-refractivity contribution in [3.05, 3.63) is 35.4 Å². The van der Waals surface area contributed by atoms with Crippen LogP contribution in [0, 0.1) is 0 Å². The van der Waals surface area contributed by atoms with Crippen molar-refractivity contribution >= 4 is 11.8 Å². The van der Waals surface area contributed by atoms with Gasteiger partial charge in [-0.15, -0.1) is 0 Å². The van der Waals surface area contributed by atoms with Crippen LogP contribution in [0.1, 0.15) is 30.9 Å². The zero-order chi connectivity index (χ0) is 16.5. The van der Waals surface area contributed by atoms with Crippen molar-refractivity contribution in [3.8, 4) is 11.3 Å². The van der Waals surface area contributed by atoms with Gasteiger partial charge in [0.15, 0.2) is 0 Å². The molecule has 1 fully saturated rings. The molecule has 3 N–H and O–H groups in total. The molecule has 1 atom stereocenters. The van der Waals surface area contributed by atoms with E-state index < -0.39 is 0 Å². The molecule has 0 bridgehead atoms. The maximum Gasteiger partial charge on any atom is 0.222 e. The van der Waals surface area contributed by atoms with E-state index in [1.54, 1.807) is 0 Å². The Hall–Kier alpha value is -2.14. The maximum absolute atomic E-state index is 6.10. The van der Waals surface area contributed by atoms with E-state index in [0.717, 1.165) is 56.8 Å². The van der Waals surface area contributed by atoms with Gasteiger partial charge in [0.1, 0.15) is 5.82 Å². The van der Waals surface area contributed by atoms with Crippen molar-refractivity contribution in [1.29, 1.82) is 0 Å². The van der Waals surface area contributed by atoms with Crippen LogP contribution in [0.5, 0.6) is 0 Å². The van der Waals surface area contributed by atoms with Crippen LogP contribution in [0.3, 0.4) is 0 Å². The Morgan fingerprint density at radius 2 is 2.04 bits per heavy atom. The summed E-state index contributed by atoms with van der Waals surface area (Å²) < 4.78 is 0. The van der Waals surface area contributed by atoms with Crippen LogP contribution in [0.2, 0.25) is 0 Å². The number of nitrogens with zero attached hydrogens (tertiary/aromatic N) is 3. The molecule has 24 heavy (non-hydrogen) atoms. The number of anilines is 2. The standard InChI is InChI=1S/C19H25N5/c1-13-9-11-24(12-10-21-13)18-16-8-4-6-14-5-2-3-7-15(14)17(16)22-19(20)23-18/h2-3,5,7,13,21H,4,6,8-12H2,1H3,(H2,20,22,23). The van der Waals surface area contributed by atoms with E-state index in [9.17, 15) is 0 Å². The highest BCUT2D eigenvalue weighted by Gasteiger charge is 2.24.